The van der Waals surface area contributed by atoms with Gasteiger partial charge in [0.05, 0.1) is 27.5 Å². The quantitative estimate of drug-likeness (QED) is 0.812. The molecule has 0 saturated heterocycles. The van der Waals surface area contributed by atoms with Crippen LogP contribution in [0.4, 0.5) is 17.2 Å². The van der Waals surface area contributed by atoms with Crippen molar-refractivity contribution in [3.05, 3.63) is 46.1 Å². The lowest BCUT2D eigenvalue weighted by atomic mass is 10.2. The molecule has 1 aromatic heterocycles. The van der Waals surface area contributed by atoms with Crippen LogP contribution in [-0.4, -0.2) is 10.9 Å². The minimum Gasteiger partial charge on any atom is -0.397 e. The van der Waals surface area contributed by atoms with E-state index in [4.69, 9.17) is 34.7 Å². The van der Waals surface area contributed by atoms with Crippen molar-refractivity contribution < 1.29 is 4.79 Å². The van der Waals surface area contributed by atoms with Gasteiger partial charge in [0, 0.05) is 5.69 Å². The van der Waals surface area contributed by atoms with E-state index in [0.717, 1.165) is 0 Å². The van der Waals surface area contributed by atoms with Crippen molar-refractivity contribution >= 4 is 46.3 Å². The van der Waals surface area contributed by atoms with Crippen LogP contribution in [0.25, 0.3) is 0 Å². The lowest BCUT2D eigenvalue weighted by Crippen LogP contribution is -2.14. The standard InChI is InChI=1S/C12H10Cl2N4O/c13-8-2-1-6(3-9(8)14)18-11-4-7(12(16)19)10(15)5-17-11/h1-5H,15H2,(H2,16,19)(H,17,18). The van der Waals surface area contributed by atoms with Gasteiger partial charge in [-0.2, -0.15) is 0 Å². The van der Waals surface area contributed by atoms with Crippen LogP contribution in [0.3, 0.4) is 0 Å². The summed E-state index contributed by atoms with van der Waals surface area (Å²) in [7, 11) is 0. The summed E-state index contributed by atoms with van der Waals surface area (Å²) in [5.74, 6) is -0.182. The number of hydrogen-bond acceptors (Lipinski definition) is 4. The van der Waals surface area contributed by atoms with E-state index in [-0.39, 0.29) is 11.3 Å². The SMILES string of the molecule is NC(=O)c1cc(Nc2ccc(Cl)c(Cl)c2)ncc1N. The number of carbonyl (C=O) groups excluding carboxylic acids is 1. The van der Waals surface area contributed by atoms with E-state index in [1.165, 1.54) is 12.3 Å². The van der Waals surface area contributed by atoms with Gasteiger partial charge in [0.15, 0.2) is 0 Å². The predicted octanol–water partition coefficient (Wildman–Crippen LogP) is 2.81. The largest absolute Gasteiger partial charge is 0.397 e. The van der Waals surface area contributed by atoms with Crippen LogP contribution in [0.15, 0.2) is 30.5 Å². The Kier molecular flexibility index (Phi) is 3.78. The molecule has 0 atom stereocenters. The van der Waals surface area contributed by atoms with Crippen molar-refractivity contribution in [1.82, 2.24) is 4.98 Å². The molecular weight excluding hydrogens is 287 g/mol. The Morgan fingerprint density at radius 3 is 2.58 bits per heavy atom. The summed E-state index contributed by atoms with van der Waals surface area (Å²) < 4.78 is 0. The molecule has 0 fully saturated rings. The summed E-state index contributed by atoms with van der Waals surface area (Å²) in [6.07, 6.45) is 1.36. The molecule has 19 heavy (non-hydrogen) atoms. The molecule has 2 rings (SSSR count). The fraction of sp³-hybridized carbons (Fsp3) is 0. The van der Waals surface area contributed by atoms with Gasteiger partial charge in [-0.15, -0.1) is 0 Å². The molecule has 1 heterocycles. The Morgan fingerprint density at radius 1 is 1.21 bits per heavy atom. The van der Waals surface area contributed by atoms with E-state index in [9.17, 15) is 4.79 Å². The molecule has 2 aromatic rings. The second-order valence-corrected chi connectivity index (χ2v) is 4.59. The van der Waals surface area contributed by atoms with E-state index < -0.39 is 5.91 Å². The molecule has 0 aliphatic carbocycles. The third-order valence-electron chi connectivity index (χ3n) is 2.39. The maximum atomic E-state index is 11.2. The molecule has 7 heteroatoms. The van der Waals surface area contributed by atoms with Gasteiger partial charge in [-0.3, -0.25) is 4.79 Å². The molecular formula is C12H10Cl2N4O. The summed E-state index contributed by atoms with van der Waals surface area (Å²) in [6, 6.07) is 6.50. The van der Waals surface area contributed by atoms with E-state index >= 15 is 0 Å². The van der Waals surface area contributed by atoms with Crippen molar-refractivity contribution in [3.8, 4) is 0 Å². The average molecular weight is 297 g/mol. The van der Waals surface area contributed by atoms with Gasteiger partial charge in [0.1, 0.15) is 5.82 Å². The Morgan fingerprint density at radius 2 is 1.95 bits per heavy atom. The highest BCUT2D eigenvalue weighted by molar-refractivity contribution is 6.42. The number of nitrogens with zero attached hydrogens (tertiary/aromatic N) is 1. The van der Waals surface area contributed by atoms with E-state index in [1.807, 2.05) is 0 Å². The fourth-order valence-electron chi connectivity index (χ4n) is 1.47. The molecule has 1 aromatic carbocycles. The van der Waals surface area contributed by atoms with E-state index in [1.54, 1.807) is 18.2 Å². The molecule has 0 radical (unpaired) electrons. The minimum absolute atomic E-state index is 0.206. The number of halogens is 2. The second-order valence-electron chi connectivity index (χ2n) is 3.77. The summed E-state index contributed by atoms with van der Waals surface area (Å²) in [4.78, 5) is 15.2. The molecule has 98 valence electrons. The third-order valence-corrected chi connectivity index (χ3v) is 3.13. The van der Waals surface area contributed by atoms with Crippen LogP contribution in [0.1, 0.15) is 10.4 Å². The van der Waals surface area contributed by atoms with E-state index in [0.29, 0.717) is 21.6 Å². The highest BCUT2D eigenvalue weighted by atomic mass is 35.5. The lowest BCUT2D eigenvalue weighted by Gasteiger charge is -2.08. The first kappa shape index (κ1) is 13.5. The molecule has 0 bridgehead atoms. The second kappa shape index (κ2) is 5.34. The maximum absolute atomic E-state index is 11.2. The number of nitrogens with two attached hydrogens (primary N) is 2. The Hall–Kier alpha value is -1.98. The van der Waals surface area contributed by atoms with E-state index in [2.05, 4.69) is 10.3 Å². The first-order valence-corrected chi connectivity index (χ1v) is 6.00. The molecule has 1 amide bonds. The number of benzene rings is 1. The number of hydrogen-bond donors (Lipinski definition) is 3. The van der Waals surface area contributed by atoms with Gasteiger partial charge < -0.3 is 16.8 Å². The number of nitrogen functional groups attached to an aromatic ring is 1. The van der Waals surface area contributed by atoms with Gasteiger partial charge in [-0.25, -0.2) is 4.98 Å². The third kappa shape index (κ3) is 3.07. The van der Waals surface area contributed by atoms with Crippen LogP contribution < -0.4 is 16.8 Å². The highest BCUT2D eigenvalue weighted by Crippen LogP contribution is 2.27. The van der Waals surface area contributed by atoms with Crippen molar-refractivity contribution in [3.63, 3.8) is 0 Å². The Bertz CT molecular complexity index is 646. The monoisotopic (exact) mass is 296 g/mol. The minimum atomic E-state index is -0.614. The Labute approximate surface area is 119 Å². The molecule has 0 aliphatic heterocycles. The zero-order chi connectivity index (χ0) is 14.0. The molecule has 5 N–H and O–H groups in total. The maximum Gasteiger partial charge on any atom is 0.250 e. The summed E-state index contributed by atoms with van der Waals surface area (Å²) >= 11 is 11.7. The van der Waals surface area contributed by atoms with Crippen molar-refractivity contribution in [1.29, 1.82) is 0 Å². The number of nitrogens with one attached hydrogen (secondary N) is 1. The fourth-order valence-corrected chi connectivity index (χ4v) is 1.77. The van der Waals surface area contributed by atoms with Gasteiger partial charge in [-0.1, -0.05) is 23.2 Å². The number of pyridine rings is 1. The number of amides is 1. The van der Waals surface area contributed by atoms with Crippen molar-refractivity contribution in [2.75, 3.05) is 11.1 Å². The average Bonchev–Trinajstić information content (AvgIpc) is 2.36. The van der Waals surface area contributed by atoms with Gasteiger partial charge >= 0.3 is 0 Å². The first-order valence-electron chi connectivity index (χ1n) is 5.25. The summed E-state index contributed by atoms with van der Waals surface area (Å²) in [6.45, 7) is 0. The van der Waals surface area contributed by atoms with Crippen LogP contribution in [0, 0.1) is 0 Å². The van der Waals surface area contributed by atoms with Crippen molar-refractivity contribution in [2.45, 2.75) is 0 Å². The number of aromatic nitrogens is 1. The number of anilines is 3. The normalized spacial score (nSPS) is 10.2. The molecule has 0 aliphatic rings. The molecule has 0 unspecified atom stereocenters. The predicted molar refractivity (Wildman–Crippen MR) is 76.9 cm³/mol. The molecule has 0 spiro atoms. The topological polar surface area (TPSA) is 94.0 Å². The van der Waals surface area contributed by atoms with Crippen LogP contribution >= 0.6 is 23.2 Å². The lowest BCUT2D eigenvalue weighted by molar-refractivity contribution is 0.100. The molecule has 0 saturated carbocycles. The number of rotatable bonds is 3. The summed E-state index contributed by atoms with van der Waals surface area (Å²) in [5.41, 5.74) is 11.9. The van der Waals surface area contributed by atoms with Gasteiger partial charge in [-0.05, 0) is 24.3 Å². The molecule has 5 nitrogen and oxygen atoms in total. The van der Waals surface area contributed by atoms with Gasteiger partial charge in [0.2, 0.25) is 0 Å². The highest BCUT2D eigenvalue weighted by Gasteiger charge is 2.08. The van der Waals surface area contributed by atoms with Gasteiger partial charge in [0.25, 0.3) is 5.91 Å². The first-order chi connectivity index (χ1) is 8.97. The Balaban J connectivity index is 2.30. The number of primary amides is 1. The van der Waals surface area contributed by atoms with Crippen LogP contribution in [-0.2, 0) is 0 Å². The smallest absolute Gasteiger partial charge is 0.250 e. The zero-order valence-corrected chi connectivity index (χ0v) is 11.2. The van der Waals surface area contributed by atoms with Crippen molar-refractivity contribution in [2.24, 2.45) is 5.73 Å². The van der Waals surface area contributed by atoms with Crippen LogP contribution in [0.2, 0.25) is 10.0 Å². The zero-order valence-electron chi connectivity index (χ0n) is 9.65. The number of carbonyl (C=O) groups is 1. The van der Waals surface area contributed by atoms with Crippen LogP contribution in [0.5, 0.6) is 0 Å². The summed E-state index contributed by atoms with van der Waals surface area (Å²) in [5, 5.41) is 3.85.